The van der Waals surface area contributed by atoms with E-state index in [4.69, 9.17) is 5.26 Å². The number of pyridine rings is 1. The van der Waals surface area contributed by atoms with Gasteiger partial charge in [-0.05, 0) is 32.9 Å². The van der Waals surface area contributed by atoms with Gasteiger partial charge >= 0.3 is 0 Å². The number of rotatable bonds is 1. The van der Waals surface area contributed by atoms with Crippen molar-refractivity contribution in [1.82, 2.24) is 9.88 Å². The van der Waals surface area contributed by atoms with Gasteiger partial charge in [-0.15, -0.1) is 0 Å². The van der Waals surface area contributed by atoms with Crippen LogP contribution in [0.1, 0.15) is 26.5 Å². The summed E-state index contributed by atoms with van der Waals surface area (Å²) in [5, 5.41) is 8.87. The predicted octanol–water partition coefficient (Wildman–Crippen LogP) is 1.87. The lowest BCUT2D eigenvalue weighted by Crippen LogP contribution is -2.53. The van der Waals surface area contributed by atoms with E-state index in [2.05, 4.69) is 41.6 Å². The molecule has 0 saturated carbocycles. The van der Waals surface area contributed by atoms with Gasteiger partial charge in [0.2, 0.25) is 0 Å². The van der Waals surface area contributed by atoms with Crippen LogP contribution in [-0.2, 0) is 0 Å². The Labute approximate surface area is 109 Å². The molecule has 96 valence electrons. The van der Waals surface area contributed by atoms with Crippen LogP contribution >= 0.6 is 0 Å². The van der Waals surface area contributed by atoms with Crippen LogP contribution in [-0.4, -0.2) is 41.6 Å². The van der Waals surface area contributed by atoms with Gasteiger partial charge in [0.25, 0.3) is 0 Å². The minimum absolute atomic E-state index is 0.230. The number of nitrogens with zero attached hydrogens (tertiary/aromatic N) is 4. The first-order valence-electron chi connectivity index (χ1n) is 6.38. The summed E-state index contributed by atoms with van der Waals surface area (Å²) in [5.74, 6) is 0.919. The highest BCUT2D eigenvalue weighted by molar-refractivity contribution is 5.42. The lowest BCUT2D eigenvalue weighted by Gasteiger charge is -2.42. The molecule has 0 spiro atoms. The molecule has 0 atom stereocenters. The molecule has 4 nitrogen and oxygen atoms in total. The Morgan fingerprint density at radius 3 is 2.39 bits per heavy atom. The highest BCUT2D eigenvalue weighted by Crippen LogP contribution is 2.19. The highest BCUT2D eigenvalue weighted by Gasteiger charge is 2.26. The molecule has 0 unspecified atom stereocenters. The molecule has 4 heteroatoms. The number of aromatic nitrogens is 1. The molecule has 2 rings (SSSR count). The van der Waals surface area contributed by atoms with E-state index in [9.17, 15) is 0 Å². The maximum atomic E-state index is 8.87. The summed E-state index contributed by atoms with van der Waals surface area (Å²) in [5.41, 5.74) is 0.722. The van der Waals surface area contributed by atoms with Crippen molar-refractivity contribution >= 4 is 5.82 Å². The van der Waals surface area contributed by atoms with E-state index in [0.717, 1.165) is 32.0 Å². The Hall–Kier alpha value is -1.60. The van der Waals surface area contributed by atoms with Gasteiger partial charge in [0.15, 0.2) is 0 Å². The average Bonchev–Trinajstić information content (AvgIpc) is 2.38. The third kappa shape index (κ3) is 2.80. The molecule has 1 aliphatic rings. The predicted molar refractivity (Wildman–Crippen MR) is 72.5 cm³/mol. The van der Waals surface area contributed by atoms with Crippen LogP contribution in [0.25, 0.3) is 0 Å². The Balaban J connectivity index is 2.04. The highest BCUT2D eigenvalue weighted by atomic mass is 15.3. The molecule has 18 heavy (non-hydrogen) atoms. The van der Waals surface area contributed by atoms with Gasteiger partial charge in [-0.3, -0.25) is 4.90 Å². The number of nitriles is 1. The second kappa shape index (κ2) is 4.95. The molecule has 0 aromatic carbocycles. The van der Waals surface area contributed by atoms with E-state index in [1.807, 2.05) is 12.1 Å². The summed E-state index contributed by atoms with van der Waals surface area (Å²) in [6.07, 6.45) is 0. The van der Waals surface area contributed by atoms with Gasteiger partial charge in [0, 0.05) is 31.7 Å². The minimum Gasteiger partial charge on any atom is -0.354 e. The van der Waals surface area contributed by atoms with Gasteiger partial charge < -0.3 is 4.90 Å². The topological polar surface area (TPSA) is 43.2 Å². The minimum atomic E-state index is 0.230. The van der Waals surface area contributed by atoms with Crippen molar-refractivity contribution in [3.05, 3.63) is 23.9 Å². The molecular formula is C14H20N4. The molecule has 1 aromatic rings. The standard InChI is InChI=1S/C14H20N4/c1-14(2,3)18-9-7-17(8-10-18)13-6-4-5-12(11-15)16-13/h4-6H,7-10H2,1-3H3. The van der Waals surface area contributed by atoms with Crippen LogP contribution in [0.4, 0.5) is 5.82 Å². The van der Waals surface area contributed by atoms with Crippen molar-refractivity contribution in [2.75, 3.05) is 31.1 Å². The molecule has 1 fully saturated rings. The molecule has 1 aromatic heterocycles. The fourth-order valence-electron chi connectivity index (χ4n) is 2.27. The zero-order valence-electron chi connectivity index (χ0n) is 11.3. The van der Waals surface area contributed by atoms with E-state index in [-0.39, 0.29) is 5.54 Å². The van der Waals surface area contributed by atoms with Crippen molar-refractivity contribution in [1.29, 1.82) is 5.26 Å². The molecule has 0 amide bonds. The summed E-state index contributed by atoms with van der Waals surface area (Å²) in [7, 11) is 0. The maximum Gasteiger partial charge on any atom is 0.142 e. The molecule has 1 aliphatic heterocycles. The van der Waals surface area contributed by atoms with Crippen molar-refractivity contribution in [2.24, 2.45) is 0 Å². The summed E-state index contributed by atoms with van der Waals surface area (Å²) >= 11 is 0. The first-order chi connectivity index (χ1) is 8.50. The summed E-state index contributed by atoms with van der Waals surface area (Å²) < 4.78 is 0. The van der Waals surface area contributed by atoms with E-state index in [0.29, 0.717) is 5.69 Å². The second-order valence-corrected chi connectivity index (χ2v) is 5.64. The number of hydrogen-bond acceptors (Lipinski definition) is 4. The second-order valence-electron chi connectivity index (χ2n) is 5.64. The fourth-order valence-corrected chi connectivity index (χ4v) is 2.27. The fraction of sp³-hybridized carbons (Fsp3) is 0.571. The van der Waals surface area contributed by atoms with Crippen molar-refractivity contribution in [3.63, 3.8) is 0 Å². The average molecular weight is 244 g/mol. The number of anilines is 1. The molecule has 0 radical (unpaired) electrons. The van der Waals surface area contributed by atoms with Gasteiger partial charge in [-0.1, -0.05) is 6.07 Å². The summed E-state index contributed by atoms with van der Waals surface area (Å²) in [6, 6.07) is 7.72. The Bertz CT molecular complexity index is 448. The van der Waals surface area contributed by atoms with Gasteiger partial charge in [0.1, 0.15) is 17.6 Å². The van der Waals surface area contributed by atoms with Crippen LogP contribution in [0.5, 0.6) is 0 Å². The quantitative estimate of drug-likeness (QED) is 0.756. The molecule has 0 aliphatic carbocycles. The van der Waals surface area contributed by atoms with Crippen LogP contribution < -0.4 is 4.90 Å². The monoisotopic (exact) mass is 244 g/mol. The van der Waals surface area contributed by atoms with Gasteiger partial charge in [-0.2, -0.15) is 5.26 Å². The maximum absolute atomic E-state index is 8.87. The smallest absolute Gasteiger partial charge is 0.142 e. The van der Waals surface area contributed by atoms with Crippen LogP contribution in [0.15, 0.2) is 18.2 Å². The molecule has 0 bridgehead atoms. The van der Waals surface area contributed by atoms with E-state index in [1.165, 1.54) is 0 Å². The van der Waals surface area contributed by atoms with Crippen molar-refractivity contribution in [2.45, 2.75) is 26.3 Å². The summed E-state index contributed by atoms with van der Waals surface area (Å²) in [4.78, 5) is 9.09. The van der Waals surface area contributed by atoms with E-state index < -0.39 is 0 Å². The zero-order chi connectivity index (χ0) is 13.2. The van der Waals surface area contributed by atoms with Crippen molar-refractivity contribution in [3.8, 4) is 6.07 Å². The van der Waals surface area contributed by atoms with Gasteiger partial charge in [0.05, 0.1) is 0 Å². The van der Waals surface area contributed by atoms with E-state index >= 15 is 0 Å². The molecule has 0 N–H and O–H groups in total. The Morgan fingerprint density at radius 1 is 1.17 bits per heavy atom. The van der Waals surface area contributed by atoms with Crippen LogP contribution in [0.3, 0.4) is 0 Å². The van der Waals surface area contributed by atoms with E-state index in [1.54, 1.807) is 6.07 Å². The third-order valence-electron chi connectivity index (χ3n) is 3.40. The number of piperazine rings is 1. The molecule has 2 heterocycles. The Kier molecular flexibility index (Phi) is 3.53. The van der Waals surface area contributed by atoms with Crippen LogP contribution in [0, 0.1) is 11.3 Å². The van der Waals surface area contributed by atoms with Crippen molar-refractivity contribution < 1.29 is 0 Å². The normalized spacial score (nSPS) is 17.6. The van der Waals surface area contributed by atoms with Gasteiger partial charge in [-0.25, -0.2) is 4.98 Å². The largest absolute Gasteiger partial charge is 0.354 e. The molecule has 1 saturated heterocycles. The first kappa shape index (κ1) is 12.8. The lowest BCUT2D eigenvalue weighted by molar-refractivity contribution is 0.128. The SMILES string of the molecule is CC(C)(C)N1CCN(c2cccc(C#N)n2)CC1. The first-order valence-corrected chi connectivity index (χ1v) is 6.38. The number of hydrogen-bond donors (Lipinski definition) is 0. The molecular weight excluding hydrogens is 224 g/mol. The zero-order valence-corrected chi connectivity index (χ0v) is 11.3. The Morgan fingerprint density at radius 2 is 1.83 bits per heavy atom. The lowest BCUT2D eigenvalue weighted by atomic mass is 10.1. The summed E-state index contributed by atoms with van der Waals surface area (Å²) in [6.45, 7) is 10.8. The van der Waals surface area contributed by atoms with Crippen LogP contribution in [0.2, 0.25) is 0 Å². The third-order valence-corrected chi connectivity index (χ3v) is 3.40.